The molecule has 0 N–H and O–H groups in total. The molecule has 0 amide bonds. The van der Waals surface area contributed by atoms with E-state index >= 15 is 0 Å². The fourth-order valence-electron chi connectivity index (χ4n) is 5.24. The van der Waals surface area contributed by atoms with Crippen molar-refractivity contribution in [2.75, 3.05) is 0 Å². The van der Waals surface area contributed by atoms with Gasteiger partial charge in [0.15, 0.2) is 0 Å². The summed E-state index contributed by atoms with van der Waals surface area (Å²) in [5.41, 5.74) is 0. The summed E-state index contributed by atoms with van der Waals surface area (Å²) >= 11 is 0. The van der Waals surface area contributed by atoms with E-state index in [2.05, 4.69) is 38.5 Å². The Bertz CT molecular complexity index is 519. The van der Waals surface area contributed by atoms with Crippen LogP contribution in [0.1, 0.15) is 187 Å². The monoisotopic (exact) mass is 460 g/mol. The van der Waals surface area contributed by atoms with Crippen molar-refractivity contribution in [2.45, 2.75) is 181 Å². The quantitative estimate of drug-likeness (QED) is 0.140. The summed E-state index contributed by atoms with van der Waals surface area (Å²) in [5.74, 6) is 2.01. The third-order valence-corrected chi connectivity index (χ3v) is 7.43. The summed E-state index contributed by atoms with van der Waals surface area (Å²) in [6, 6.07) is 0.519. The van der Waals surface area contributed by atoms with Gasteiger partial charge in [0.1, 0.15) is 5.82 Å². The van der Waals surface area contributed by atoms with Crippen LogP contribution in [0.3, 0.4) is 0 Å². The molecule has 2 heteroatoms. The lowest BCUT2D eigenvalue weighted by Crippen LogP contribution is -2.11. The van der Waals surface area contributed by atoms with Crippen molar-refractivity contribution in [3.05, 3.63) is 18.2 Å². The van der Waals surface area contributed by atoms with Crippen molar-refractivity contribution in [2.24, 2.45) is 0 Å². The second-order valence-electron chi connectivity index (χ2n) is 10.9. The fourth-order valence-corrected chi connectivity index (χ4v) is 5.24. The molecular formula is C31H60N2. The van der Waals surface area contributed by atoms with Crippen LogP contribution in [0.2, 0.25) is 0 Å². The van der Waals surface area contributed by atoms with Gasteiger partial charge in [0.25, 0.3) is 0 Å². The number of imidazole rings is 1. The minimum Gasteiger partial charge on any atom is -0.332 e. The molecule has 2 nitrogen and oxygen atoms in total. The van der Waals surface area contributed by atoms with E-state index in [-0.39, 0.29) is 0 Å². The van der Waals surface area contributed by atoms with E-state index in [1.165, 1.54) is 147 Å². The van der Waals surface area contributed by atoms with Gasteiger partial charge in [0, 0.05) is 24.4 Å². The van der Waals surface area contributed by atoms with Crippen LogP contribution in [-0.4, -0.2) is 9.55 Å². The molecule has 0 saturated heterocycles. The third kappa shape index (κ3) is 15.7. The highest BCUT2D eigenvalue weighted by atomic mass is 15.1. The highest BCUT2D eigenvalue weighted by Crippen LogP contribution is 2.29. The second-order valence-corrected chi connectivity index (χ2v) is 10.9. The Morgan fingerprint density at radius 3 is 1.30 bits per heavy atom. The molecule has 0 fully saturated rings. The SMILES string of the molecule is CCCCCCCCCCCCCCCC(CCCCCCCCC)c1nccn1C(C)C. The first-order valence-corrected chi connectivity index (χ1v) is 15.2. The summed E-state index contributed by atoms with van der Waals surface area (Å²) < 4.78 is 2.42. The molecule has 1 aromatic rings. The second kappa shape index (κ2) is 21.7. The fraction of sp³-hybridized carbons (Fsp3) is 0.903. The first-order valence-electron chi connectivity index (χ1n) is 15.2. The average Bonchev–Trinajstić information content (AvgIpc) is 3.30. The predicted molar refractivity (Wildman–Crippen MR) is 148 cm³/mol. The Morgan fingerprint density at radius 1 is 0.576 bits per heavy atom. The molecule has 0 aliphatic heterocycles. The average molecular weight is 461 g/mol. The molecule has 0 saturated carbocycles. The van der Waals surface area contributed by atoms with Gasteiger partial charge in [-0.3, -0.25) is 0 Å². The van der Waals surface area contributed by atoms with Crippen LogP contribution in [0.4, 0.5) is 0 Å². The first kappa shape index (κ1) is 30.2. The van der Waals surface area contributed by atoms with Crippen molar-refractivity contribution >= 4 is 0 Å². The standard InChI is InChI=1S/C31H60N2/c1-5-7-9-11-13-14-15-16-17-18-20-22-24-26-30(25-23-21-19-12-10-8-6-2)31-32-27-28-33(31)29(3)4/h27-30H,5-26H2,1-4H3. The molecule has 0 aliphatic carbocycles. The smallest absolute Gasteiger partial charge is 0.111 e. The summed E-state index contributed by atoms with van der Waals surface area (Å²) in [6.07, 6.45) is 35.4. The summed E-state index contributed by atoms with van der Waals surface area (Å²) in [4.78, 5) is 4.82. The van der Waals surface area contributed by atoms with Crippen LogP contribution in [0.15, 0.2) is 12.4 Å². The molecular weight excluding hydrogens is 400 g/mol. The minimum atomic E-state index is 0.519. The maximum Gasteiger partial charge on any atom is 0.111 e. The largest absolute Gasteiger partial charge is 0.332 e. The Hall–Kier alpha value is -0.790. The number of hydrogen-bond acceptors (Lipinski definition) is 1. The van der Waals surface area contributed by atoms with E-state index in [9.17, 15) is 0 Å². The van der Waals surface area contributed by atoms with Gasteiger partial charge in [-0.1, -0.05) is 142 Å². The third-order valence-electron chi connectivity index (χ3n) is 7.43. The molecule has 1 rings (SSSR count). The van der Waals surface area contributed by atoms with Gasteiger partial charge < -0.3 is 4.57 Å². The number of aromatic nitrogens is 2. The first-order chi connectivity index (χ1) is 16.2. The maximum absolute atomic E-state index is 4.82. The zero-order valence-electron chi connectivity index (χ0n) is 23.3. The van der Waals surface area contributed by atoms with Crippen LogP contribution in [-0.2, 0) is 0 Å². The Kier molecular flexibility index (Phi) is 19.9. The van der Waals surface area contributed by atoms with E-state index in [0.717, 1.165) is 0 Å². The summed E-state index contributed by atoms with van der Waals surface area (Å²) in [7, 11) is 0. The Balaban J connectivity index is 2.20. The van der Waals surface area contributed by atoms with Crippen LogP contribution in [0, 0.1) is 0 Å². The lowest BCUT2D eigenvalue weighted by atomic mass is 9.93. The zero-order valence-corrected chi connectivity index (χ0v) is 23.3. The van der Waals surface area contributed by atoms with E-state index in [4.69, 9.17) is 4.98 Å². The van der Waals surface area contributed by atoms with E-state index in [0.29, 0.717) is 12.0 Å². The topological polar surface area (TPSA) is 17.8 Å². The Labute approximate surface area is 208 Å². The normalized spacial score (nSPS) is 12.6. The van der Waals surface area contributed by atoms with Crippen LogP contribution in [0.5, 0.6) is 0 Å². The van der Waals surface area contributed by atoms with E-state index < -0.39 is 0 Å². The molecule has 0 radical (unpaired) electrons. The summed E-state index contributed by atoms with van der Waals surface area (Å²) in [6.45, 7) is 9.19. The van der Waals surface area contributed by atoms with Crippen LogP contribution in [0.25, 0.3) is 0 Å². The zero-order chi connectivity index (χ0) is 24.0. The molecule has 33 heavy (non-hydrogen) atoms. The number of rotatable bonds is 24. The van der Waals surface area contributed by atoms with Crippen molar-refractivity contribution in [3.8, 4) is 0 Å². The van der Waals surface area contributed by atoms with Gasteiger partial charge in [-0.25, -0.2) is 4.98 Å². The van der Waals surface area contributed by atoms with Crippen molar-refractivity contribution in [3.63, 3.8) is 0 Å². The van der Waals surface area contributed by atoms with Gasteiger partial charge in [0.2, 0.25) is 0 Å². The minimum absolute atomic E-state index is 0.519. The maximum atomic E-state index is 4.82. The van der Waals surface area contributed by atoms with Crippen LogP contribution < -0.4 is 0 Å². The lowest BCUT2D eigenvalue weighted by molar-refractivity contribution is 0.442. The predicted octanol–water partition coefficient (Wildman–Crippen LogP) is 11.2. The number of hydrogen-bond donors (Lipinski definition) is 0. The molecule has 1 heterocycles. The number of nitrogens with zero attached hydrogens (tertiary/aromatic N) is 2. The van der Waals surface area contributed by atoms with Crippen LogP contribution >= 0.6 is 0 Å². The molecule has 0 bridgehead atoms. The van der Waals surface area contributed by atoms with Crippen molar-refractivity contribution < 1.29 is 0 Å². The van der Waals surface area contributed by atoms with E-state index in [1.54, 1.807) is 0 Å². The summed E-state index contributed by atoms with van der Waals surface area (Å²) in [5, 5.41) is 0. The highest BCUT2D eigenvalue weighted by Gasteiger charge is 2.18. The van der Waals surface area contributed by atoms with Crippen molar-refractivity contribution in [1.29, 1.82) is 0 Å². The molecule has 0 spiro atoms. The highest BCUT2D eigenvalue weighted by molar-refractivity contribution is 5.02. The van der Waals surface area contributed by atoms with Crippen molar-refractivity contribution in [1.82, 2.24) is 9.55 Å². The molecule has 1 atom stereocenters. The molecule has 0 aromatic carbocycles. The van der Waals surface area contributed by atoms with Gasteiger partial charge in [0.05, 0.1) is 0 Å². The molecule has 1 unspecified atom stereocenters. The lowest BCUT2D eigenvalue weighted by Gasteiger charge is -2.20. The van der Waals surface area contributed by atoms with E-state index in [1.807, 2.05) is 6.20 Å². The Morgan fingerprint density at radius 2 is 0.939 bits per heavy atom. The number of unbranched alkanes of at least 4 members (excludes halogenated alkanes) is 18. The molecule has 194 valence electrons. The van der Waals surface area contributed by atoms with Gasteiger partial charge in [-0.05, 0) is 26.7 Å². The molecule has 1 aromatic heterocycles. The molecule has 0 aliphatic rings. The van der Waals surface area contributed by atoms with Gasteiger partial charge in [-0.2, -0.15) is 0 Å². The van der Waals surface area contributed by atoms with Gasteiger partial charge in [-0.15, -0.1) is 0 Å². The van der Waals surface area contributed by atoms with Gasteiger partial charge >= 0.3 is 0 Å².